The molecule has 1 aromatic carbocycles. The largest absolute Gasteiger partial charge is 0.357 e. The maximum Gasteiger partial charge on any atom is 0.240 e. The van der Waals surface area contributed by atoms with Crippen LogP contribution in [-0.2, 0) is 16.4 Å². The molecule has 0 amide bonds. The molecule has 148 valence electrons. The van der Waals surface area contributed by atoms with Gasteiger partial charge in [0.2, 0.25) is 10.0 Å². The summed E-state index contributed by atoms with van der Waals surface area (Å²) in [4.78, 5) is 10.4. The van der Waals surface area contributed by atoms with E-state index in [2.05, 4.69) is 32.3 Å². The third-order valence-electron chi connectivity index (χ3n) is 3.78. The van der Waals surface area contributed by atoms with Crippen LogP contribution < -0.4 is 15.4 Å². The number of sulfonamides is 1. The molecule has 0 aliphatic heterocycles. The standard InChI is InChI=1S/C18H27N5O2S2/c1-4-19-18(20-11-10-17-23-14(2)15(3)26-17)21-12-13-22-27(24,25)16-8-6-5-7-9-16/h5-9,22H,4,10-13H2,1-3H3,(H2,19,20,21). The van der Waals surface area contributed by atoms with Gasteiger partial charge in [-0.3, -0.25) is 4.99 Å². The minimum atomic E-state index is -3.49. The Morgan fingerprint density at radius 3 is 2.52 bits per heavy atom. The van der Waals surface area contributed by atoms with E-state index in [4.69, 9.17) is 0 Å². The summed E-state index contributed by atoms with van der Waals surface area (Å²) in [6, 6.07) is 8.32. The van der Waals surface area contributed by atoms with Crippen LogP contribution in [0, 0.1) is 13.8 Å². The first-order valence-electron chi connectivity index (χ1n) is 8.92. The smallest absolute Gasteiger partial charge is 0.240 e. The number of aryl methyl sites for hydroxylation is 2. The molecule has 0 bridgehead atoms. The lowest BCUT2D eigenvalue weighted by Gasteiger charge is -2.11. The number of benzene rings is 1. The average Bonchev–Trinajstić information content (AvgIpc) is 2.97. The van der Waals surface area contributed by atoms with Crippen LogP contribution in [-0.4, -0.2) is 45.5 Å². The first-order valence-corrected chi connectivity index (χ1v) is 11.2. The molecule has 9 heteroatoms. The zero-order valence-corrected chi connectivity index (χ0v) is 17.6. The molecule has 0 saturated heterocycles. The molecule has 0 fully saturated rings. The highest BCUT2D eigenvalue weighted by Crippen LogP contribution is 2.16. The number of rotatable bonds is 9. The SMILES string of the molecule is CCNC(=NCCNS(=O)(=O)c1ccccc1)NCCc1nc(C)c(C)s1. The normalized spacial score (nSPS) is 12.2. The predicted octanol–water partition coefficient (Wildman–Crippen LogP) is 1.84. The Morgan fingerprint density at radius 2 is 1.89 bits per heavy atom. The second-order valence-corrected chi connectivity index (χ2v) is 8.95. The number of hydrogen-bond donors (Lipinski definition) is 3. The van der Waals surface area contributed by atoms with Crippen LogP contribution >= 0.6 is 11.3 Å². The van der Waals surface area contributed by atoms with Crippen molar-refractivity contribution in [1.29, 1.82) is 0 Å². The average molecular weight is 410 g/mol. The molecule has 3 N–H and O–H groups in total. The fourth-order valence-corrected chi connectivity index (χ4v) is 4.28. The molecular weight excluding hydrogens is 382 g/mol. The van der Waals surface area contributed by atoms with Gasteiger partial charge in [0.1, 0.15) is 0 Å². The summed E-state index contributed by atoms with van der Waals surface area (Å²) in [5.74, 6) is 0.668. The van der Waals surface area contributed by atoms with Gasteiger partial charge in [-0.25, -0.2) is 18.1 Å². The van der Waals surface area contributed by atoms with Crippen molar-refractivity contribution in [3.05, 3.63) is 45.9 Å². The third kappa shape index (κ3) is 6.93. The fraction of sp³-hybridized carbons (Fsp3) is 0.444. The van der Waals surface area contributed by atoms with Crippen molar-refractivity contribution in [2.75, 3.05) is 26.2 Å². The molecule has 2 aromatic rings. The van der Waals surface area contributed by atoms with E-state index in [0.717, 1.165) is 23.7 Å². The molecule has 7 nitrogen and oxygen atoms in total. The highest BCUT2D eigenvalue weighted by Gasteiger charge is 2.11. The van der Waals surface area contributed by atoms with E-state index in [1.807, 2.05) is 13.8 Å². The number of thiazole rings is 1. The highest BCUT2D eigenvalue weighted by atomic mass is 32.2. The maximum atomic E-state index is 12.2. The van der Waals surface area contributed by atoms with Crippen molar-refractivity contribution in [3.63, 3.8) is 0 Å². The van der Waals surface area contributed by atoms with Crippen LogP contribution in [0.2, 0.25) is 0 Å². The molecule has 1 aromatic heterocycles. The second-order valence-electron chi connectivity index (χ2n) is 5.90. The zero-order valence-electron chi connectivity index (χ0n) is 15.9. The van der Waals surface area contributed by atoms with Gasteiger partial charge in [0.15, 0.2) is 5.96 Å². The maximum absolute atomic E-state index is 12.2. The number of aromatic nitrogens is 1. The quantitative estimate of drug-likeness (QED) is 0.334. The summed E-state index contributed by atoms with van der Waals surface area (Å²) in [6.07, 6.45) is 0.824. The molecule has 0 aliphatic carbocycles. The van der Waals surface area contributed by atoms with Gasteiger partial charge in [-0.2, -0.15) is 0 Å². The summed E-state index contributed by atoms with van der Waals surface area (Å²) in [5.41, 5.74) is 1.08. The summed E-state index contributed by atoms with van der Waals surface area (Å²) in [7, 11) is -3.49. The van der Waals surface area contributed by atoms with Crippen molar-refractivity contribution < 1.29 is 8.42 Å². The van der Waals surface area contributed by atoms with Crippen molar-refractivity contribution in [3.8, 4) is 0 Å². The molecule has 27 heavy (non-hydrogen) atoms. The van der Waals surface area contributed by atoms with Crippen LogP contribution in [0.3, 0.4) is 0 Å². The topological polar surface area (TPSA) is 95.5 Å². The highest BCUT2D eigenvalue weighted by molar-refractivity contribution is 7.89. The lowest BCUT2D eigenvalue weighted by atomic mass is 10.4. The second kappa shape index (κ2) is 10.4. The lowest BCUT2D eigenvalue weighted by molar-refractivity contribution is 0.582. The van der Waals surface area contributed by atoms with Crippen LogP contribution in [0.25, 0.3) is 0 Å². The van der Waals surface area contributed by atoms with E-state index < -0.39 is 10.0 Å². The van der Waals surface area contributed by atoms with Crippen molar-refractivity contribution in [2.45, 2.75) is 32.1 Å². The first kappa shape index (κ1) is 21.3. The van der Waals surface area contributed by atoms with Gasteiger partial charge in [-0.1, -0.05) is 18.2 Å². The first-order chi connectivity index (χ1) is 12.9. The Labute approximate surface area is 165 Å². The number of hydrogen-bond acceptors (Lipinski definition) is 5. The van der Waals surface area contributed by atoms with Gasteiger partial charge in [-0.05, 0) is 32.9 Å². The summed E-state index contributed by atoms with van der Waals surface area (Å²) in [6.45, 7) is 8.11. The molecule has 2 rings (SSSR count). The number of nitrogens with one attached hydrogen (secondary N) is 3. The third-order valence-corrected chi connectivity index (χ3v) is 6.39. The van der Waals surface area contributed by atoms with E-state index in [-0.39, 0.29) is 11.4 Å². The van der Waals surface area contributed by atoms with Crippen molar-refractivity contribution >= 4 is 27.3 Å². The number of guanidine groups is 1. The number of nitrogens with zero attached hydrogens (tertiary/aromatic N) is 2. The van der Waals surface area contributed by atoms with Gasteiger partial charge < -0.3 is 10.6 Å². The van der Waals surface area contributed by atoms with Crippen LogP contribution in [0.5, 0.6) is 0 Å². The molecule has 0 saturated carbocycles. The number of aliphatic imine (C=N–C) groups is 1. The minimum Gasteiger partial charge on any atom is -0.357 e. The van der Waals surface area contributed by atoms with Gasteiger partial charge >= 0.3 is 0 Å². The predicted molar refractivity (Wildman–Crippen MR) is 111 cm³/mol. The van der Waals surface area contributed by atoms with E-state index in [1.165, 1.54) is 4.88 Å². The Balaban J connectivity index is 1.80. The van der Waals surface area contributed by atoms with Gasteiger partial charge in [0.05, 0.1) is 22.1 Å². The molecular formula is C18H27N5O2S2. The minimum absolute atomic E-state index is 0.235. The van der Waals surface area contributed by atoms with E-state index in [1.54, 1.807) is 41.7 Å². The lowest BCUT2D eigenvalue weighted by Crippen LogP contribution is -2.39. The molecule has 0 atom stereocenters. The van der Waals surface area contributed by atoms with Crippen molar-refractivity contribution in [2.24, 2.45) is 4.99 Å². The zero-order chi connectivity index (χ0) is 19.7. The molecule has 0 unspecified atom stereocenters. The Bertz CT molecular complexity index is 828. The molecule has 1 heterocycles. The van der Waals surface area contributed by atoms with Crippen LogP contribution in [0.15, 0.2) is 40.2 Å². The monoisotopic (exact) mass is 409 g/mol. The Kier molecular flexibility index (Phi) is 8.21. The fourth-order valence-electron chi connectivity index (χ4n) is 2.31. The Morgan fingerprint density at radius 1 is 1.15 bits per heavy atom. The Hall–Kier alpha value is -1.97. The van der Waals surface area contributed by atoms with E-state index >= 15 is 0 Å². The summed E-state index contributed by atoms with van der Waals surface area (Å²) >= 11 is 1.71. The van der Waals surface area contributed by atoms with Crippen molar-refractivity contribution in [1.82, 2.24) is 20.3 Å². The van der Waals surface area contributed by atoms with E-state index in [0.29, 0.717) is 19.0 Å². The van der Waals surface area contributed by atoms with Crippen LogP contribution in [0.1, 0.15) is 22.5 Å². The van der Waals surface area contributed by atoms with Gasteiger partial charge in [0.25, 0.3) is 0 Å². The molecule has 0 spiro atoms. The van der Waals surface area contributed by atoms with E-state index in [9.17, 15) is 8.42 Å². The molecule has 0 radical (unpaired) electrons. The summed E-state index contributed by atoms with van der Waals surface area (Å²) < 4.78 is 26.9. The van der Waals surface area contributed by atoms with Crippen LogP contribution in [0.4, 0.5) is 0 Å². The van der Waals surface area contributed by atoms with Gasteiger partial charge in [-0.15, -0.1) is 11.3 Å². The molecule has 0 aliphatic rings. The van der Waals surface area contributed by atoms with Gasteiger partial charge in [0, 0.05) is 30.9 Å². The summed E-state index contributed by atoms with van der Waals surface area (Å²) in [5, 5.41) is 7.52.